The number of hydrogen-bond acceptors (Lipinski definition) is 4. The first-order valence-electron chi connectivity index (χ1n) is 5.71. The van der Waals surface area contributed by atoms with Crippen molar-refractivity contribution in [2.45, 2.75) is 10.9 Å². The third-order valence-electron chi connectivity index (χ3n) is 2.74. The maximum Gasteiger partial charge on any atom is 0.197 e. The summed E-state index contributed by atoms with van der Waals surface area (Å²) in [6.45, 7) is 0. The van der Waals surface area contributed by atoms with Crippen molar-refractivity contribution in [3.8, 4) is 5.75 Å². The Labute approximate surface area is 116 Å². The topological polar surface area (TPSA) is 55.0 Å². The molecule has 0 aliphatic carbocycles. The SMILES string of the molecule is COc1ccc2nc(S(=O)Cc3cccs3)[nH]c2c1. The number of hydrogen-bond donors (Lipinski definition) is 1. The highest BCUT2D eigenvalue weighted by Gasteiger charge is 2.11. The number of fused-ring (bicyclic) bond motifs is 1. The molecule has 2 heterocycles. The molecule has 4 nitrogen and oxygen atoms in total. The minimum Gasteiger partial charge on any atom is -0.497 e. The fourth-order valence-corrected chi connectivity index (χ4v) is 3.79. The van der Waals surface area contributed by atoms with E-state index in [1.807, 2.05) is 35.7 Å². The van der Waals surface area contributed by atoms with Crippen LogP contribution in [0.25, 0.3) is 11.0 Å². The molecule has 0 aliphatic rings. The van der Waals surface area contributed by atoms with Crippen molar-refractivity contribution in [2.24, 2.45) is 0 Å². The minimum absolute atomic E-state index is 0.495. The van der Waals surface area contributed by atoms with Gasteiger partial charge in [-0.25, -0.2) is 4.98 Å². The van der Waals surface area contributed by atoms with Crippen LogP contribution in [-0.2, 0) is 16.6 Å². The van der Waals surface area contributed by atoms with Crippen LogP contribution in [0, 0.1) is 0 Å². The molecule has 3 aromatic rings. The van der Waals surface area contributed by atoms with E-state index in [0.717, 1.165) is 21.7 Å². The summed E-state index contributed by atoms with van der Waals surface area (Å²) in [7, 11) is 0.467. The number of nitrogens with one attached hydrogen (secondary N) is 1. The zero-order valence-electron chi connectivity index (χ0n) is 10.3. The molecule has 98 valence electrons. The summed E-state index contributed by atoms with van der Waals surface area (Å²) in [5.74, 6) is 1.25. The van der Waals surface area contributed by atoms with E-state index in [4.69, 9.17) is 4.74 Å². The number of aromatic amines is 1. The molecule has 1 N–H and O–H groups in total. The zero-order chi connectivity index (χ0) is 13.2. The zero-order valence-corrected chi connectivity index (χ0v) is 11.9. The molecule has 1 unspecified atom stereocenters. The molecule has 0 aliphatic heterocycles. The fourth-order valence-electron chi connectivity index (χ4n) is 1.79. The van der Waals surface area contributed by atoms with Crippen LogP contribution in [0.2, 0.25) is 0 Å². The van der Waals surface area contributed by atoms with Gasteiger partial charge in [-0.05, 0) is 23.6 Å². The van der Waals surface area contributed by atoms with E-state index in [-0.39, 0.29) is 0 Å². The van der Waals surface area contributed by atoms with Crippen molar-refractivity contribution in [3.05, 3.63) is 40.6 Å². The highest BCUT2D eigenvalue weighted by atomic mass is 32.2. The summed E-state index contributed by atoms with van der Waals surface area (Å²) in [5.41, 5.74) is 1.64. The van der Waals surface area contributed by atoms with Crippen molar-refractivity contribution < 1.29 is 8.95 Å². The Kier molecular flexibility index (Phi) is 3.35. The Hall–Kier alpha value is -1.66. The lowest BCUT2D eigenvalue weighted by Crippen LogP contribution is -1.96. The van der Waals surface area contributed by atoms with Crippen LogP contribution in [0.4, 0.5) is 0 Å². The van der Waals surface area contributed by atoms with Crippen LogP contribution < -0.4 is 4.74 Å². The van der Waals surface area contributed by atoms with Crippen LogP contribution in [0.3, 0.4) is 0 Å². The number of methoxy groups -OCH3 is 1. The third kappa shape index (κ3) is 2.54. The van der Waals surface area contributed by atoms with Gasteiger partial charge in [-0.1, -0.05) is 6.07 Å². The quantitative estimate of drug-likeness (QED) is 0.804. The molecule has 6 heteroatoms. The predicted molar refractivity (Wildman–Crippen MR) is 77.1 cm³/mol. The molecular weight excluding hydrogens is 280 g/mol. The van der Waals surface area contributed by atoms with E-state index in [0.29, 0.717) is 10.9 Å². The second kappa shape index (κ2) is 5.14. The lowest BCUT2D eigenvalue weighted by atomic mass is 10.3. The standard InChI is InChI=1S/C13H12N2O2S2/c1-17-9-4-5-11-12(7-9)15-13(14-11)19(16)8-10-3-2-6-18-10/h2-7H,8H2,1H3,(H,14,15). The molecule has 3 rings (SSSR count). The van der Waals surface area contributed by atoms with Crippen LogP contribution in [0.1, 0.15) is 4.88 Å². The molecule has 2 aromatic heterocycles. The van der Waals surface area contributed by atoms with Gasteiger partial charge in [-0.2, -0.15) is 0 Å². The van der Waals surface area contributed by atoms with Gasteiger partial charge >= 0.3 is 0 Å². The average molecular weight is 292 g/mol. The summed E-state index contributed by atoms with van der Waals surface area (Å²) in [6.07, 6.45) is 0. The fraction of sp³-hybridized carbons (Fsp3) is 0.154. The Bertz CT molecular complexity index is 719. The number of thiophene rings is 1. The first kappa shape index (κ1) is 12.4. The molecular formula is C13H12N2O2S2. The number of rotatable bonds is 4. The van der Waals surface area contributed by atoms with Gasteiger partial charge in [0, 0.05) is 10.9 Å². The van der Waals surface area contributed by atoms with Gasteiger partial charge in [-0.3, -0.25) is 4.21 Å². The van der Waals surface area contributed by atoms with Gasteiger partial charge in [0.2, 0.25) is 0 Å². The van der Waals surface area contributed by atoms with Gasteiger partial charge < -0.3 is 9.72 Å². The van der Waals surface area contributed by atoms with Crippen molar-refractivity contribution in [1.82, 2.24) is 9.97 Å². The van der Waals surface area contributed by atoms with Crippen molar-refractivity contribution in [2.75, 3.05) is 7.11 Å². The van der Waals surface area contributed by atoms with E-state index < -0.39 is 10.8 Å². The van der Waals surface area contributed by atoms with Gasteiger partial charge in [0.25, 0.3) is 0 Å². The summed E-state index contributed by atoms with van der Waals surface area (Å²) in [5, 5.41) is 2.49. The van der Waals surface area contributed by atoms with Crippen LogP contribution >= 0.6 is 11.3 Å². The van der Waals surface area contributed by atoms with E-state index in [9.17, 15) is 4.21 Å². The molecule has 0 saturated carbocycles. The molecule has 0 fully saturated rings. The molecule has 19 heavy (non-hydrogen) atoms. The molecule has 0 saturated heterocycles. The van der Waals surface area contributed by atoms with Crippen LogP contribution in [0.15, 0.2) is 40.9 Å². The second-order valence-corrected chi connectivity index (χ2v) is 6.39. The lowest BCUT2D eigenvalue weighted by molar-refractivity contribution is 0.415. The molecule has 0 radical (unpaired) electrons. The second-order valence-electron chi connectivity index (χ2n) is 3.99. The normalized spacial score (nSPS) is 12.7. The molecule has 1 atom stereocenters. The Morgan fingerprint density at radius 1 is 1.42 bits per heavy atom. The molecule has 0 spiro atoms. The van der Waals surface area contributed by atoms with Gasteiger partial charge in [0.1, 0.15) is 5.75 Å². The first-order chi connectivity index (χ1) is 9.26. The van der Waals surface area contributed by atoms with Crippen LogP contribution in [0.5, 0.6) is 5.75 Å². The summed E-state index contributed by atoms with van der Waals surface area (Å²) in [4.78, 5) is 8.55. The molecule has 0 bridgehead atoms. The smallest absolute Gasteiger partial charge is 0.197 e. The maximum absolute atomic E-state index is 12.2. The monoisotopic (exact) mass is 292 g/mol. The summed E-state index contributed by atoms with van der Waals surface area (Å²) in [6, 6.07) is 9.49. The van der Waals surface area contributed by atoms with Crippen molar-refractivity contribution >= 4 is 33.2 Å². The Morgan fingerprint density at radius 2 is 2.32 bits per heavy atom. The molecule has 1 aromatic carbocycles. The summed E-state index contributed by atoms with van der Waals surface area (Å²) < 4.78 is 17.4. The van der Waals surface area contributed by atoms with Gasteiger partial charge in [0.15, 0.2) is 5.16 Å². The van der Waals surface area contributed by atoms with E-state index in [2.05, 4.69) is 9.97 Å². The van der Waals surface area contributed by atoms with Crippen molar-refractivity contribution in [3.63, 3.8) is 0 Å². The number of aromatic nitrogens is 2. The maximum atomic E-state index is 12.2. The predicted octanol–water partition coefficient (Wildman–Crippen LogP) is 2.94. The molecule has 0 amide bonds. The minimum atomic E-state index is -1.15. The highest BCUT2D eigenvalue weighted by molar-refractivity contribution is 7.84. The number of nitrogens with zero attached hydrogens (tertiary/aromatic N) is 1. The Balaban J connectivity index is 1.90. The van der Waals surface area contributed by atoms with Gasteiger partial charge in [-0.15, -0.1) is 11.3 Å². The van der Waals surface area contributed by atoms with E-state index in [1.165, 1.54) is 0 Å². The average Bonchev–Trinajstić information content (AvgIpc) is 3.05. The van der Waals surface area contributed by atoms with Gasteiger partial charge in [0.05, 0.1) is 34.7 Å². The lowest BCUT2D eigenvalue weighted by Gasteiger charge is -1.96. The largest absolute Gasteiger partial charge is 0.497 e. The van der Waals surface area contributed by atoms with E-state index >= 15 is 0 Å². The number of H-pyrrole nitrogens is 1. The third-order valence-corrected chi connectivity index (χ3v) is 4.99. The highest BCUT2D eigenvalue weighted by Crippen LogP contribution is 2.21. The number of benzene rings is 1. The number of ether oxygens (including phenoxy) is 1. The van der Waals surface area contributed by atoms with E-state index in [1.54, 1.807) is 18.4 Å². The first-order valence-corrected chi connectivity index (χ1v) is 7.90. The Morgan fingerprint density at radius 3 is 3.05 bits per heavy atom. The number of imidazole rings is 1. The van der Waals surface area contributed by atoms with Crippen LogP contribution in [-0.4, -0.2) is 21.3 Å². The summed E-state index contributed by atoms with van der Waals surface area (Å²) >= 11 is 1.60. The van der Waals surface area contributed by atoms with Crippen molar-refractivity contribution in [1.29, 1.82) is 0 Å².